The summed E-state index contributed by atoms with van der Waals surface area (Å²) in [6.07, 6.45) is 3.08. The average Bonchev–Trinajstić information content (AvgIpc) is 2.99. The number of aromatic nitrogens is 3. The van der Waals surface area contributed by atoms with Crippen LogP contribution < -0.4 is 4.74 Å². The Morgan fingerprint density at radius 2 is 1.95 bits per heavy atom. The third kappa shape index (κ3) is 2.66. The molecule has 5 nitrogen and oxygen atoms in total. The second-order valence-electron chi connectivity index (χ2n) is 4.27. The summed E-state index contributed by atoms with van der Waals surface area (Å²) in [5.41, 5.74) is 0.814. The van der Waals surface area contributed by atoms with Gasteiger partial charge < -0.3 is 9.26 Å². The lowest BCUT2D eigenvalue weighted by atomic mass is 10.3. The maximum atomic E-state index is 5.74. The topological polar surface area (TPSA) is 61.0 Å². The predicted octanol–water partition coefficient (Wildman–Crippen LogP) is 3.27. The molecule has 100 valence electrons. The quantitative estimate of drug-likeness (QED) is 0.726. The normalized spacial score (nSPS) is 12.1. The maximum absolute atomic E-state index is 5.74. The molecule has 3 aromatic rings. The zero-order valence-corrected chi connectivity index (χ0v) is 10.9. The SMILES string of the molecule is C[C@H](Oc1ccccc1)c1nc(-c2cccnc2)no1. The fourth-order valence-corrected chi connectivity index (χ4v) is 1.77. The summed E-state index contributed by atoms with van der Waals surface area (Å²) in [5.74, 6) is 1.71. The molecule has 0 bridgehead atoms. The highest BCUT2D eigenvalue weighted by atomic mass is 16.5. The van der Waals surface area contributed by atoms with E-state index in [4.69, 9.17) is 9.26 Å². The van der Waals surface area contributed by atoms with Crippen molar-refractivity contribution in [3.05, 3.63) is 60.7 Å². The summed E-state index contributed by atoms with van der Waals surface area (Å²) in [4.78, 5) is 8.36. The Kier molecular flexibility index (Phi) is 3.41. The molecule has 0 aliphatic heterocycles. The Labute approximate surface area is 116 Å². The highest BCUT2D eigenvalue weighted by molar-refractivity contribution is 5.51. The van der Waals surface area contributed by atoms with Crippen LogP contribution in [0.15, 0.2) is 59.4 Å². The molecule has 0 amide bonds. The van der Waals surface area contributed by atoms with Gasteiger partial charge in [0.1, 0.15) is 5.75 Å². The van der Waals surface area contributed by atoms with Gasteiger partial charge in [-0.3, -0.25) is 4.98 Å². The fraction of sp³-hybridized carbons (Fsp3) is 0.133. The number of nitrogens with zero attached hydrogens (tertiary/aromatic N) is 3. The molecule has 1 atom stereocenters. The highest BCUT2D eigenvalue weighted by Crippen LogP contribution is 2.22. The van der Waals surface area contributed by atoms with Gasteiger partial charge >= 0.3 is 0 Å². The number of hydrogen-bond donors (Lipinski definition) is 0. The molecule has 0 aliphatic rings. The van der Waals surface area contributed by atoms with Crippen molar-refractivity contribution >= 4 is 0 Å². The van der Waals surface area contributed by atoms with E-state index >= 15 is 0 Å². The minimum Gasteiger partial charge on any atom is -0.481 e. The molecular weight excluding hydrogens is 254 g/mol. The predicted molar refractivity (Wildman–Crippen MR) is 73.0 cm³/mol. The number of para-hydroxylation sites is 1. The summed E-state index contributed by atoms with van der Waals surface area (Å²) < 4.78 is 11.0. The minimum atomic E-state index is -0.310. The van der Waals surface area contributed by atoms with Crippen LogP contribution in [0.4, 0.5) is 0 Å². The van der Waals surface area contributed by atoms with Crippen molar-refractivity contribution in [1.82, 2.24) is 15.1 Å². The molecular formula is C15H13N3O2. The van der Waals surface area contributed by atoms with E-state index in [0.717, 1.165) is 11.3 Å². The van der Waals surface area contributed by atoms with E-state index < -0.39 is 0 Å². The average molecular weight is 267 g/mol. The molecule has 5 heteroatoms. The number of pyridine rings is 1. The lowest BCUT2D eigenvalue weighted by molar-refractivity contribution is 0.176. The summed E-state index contributed by atoms with van der Waals surface area (Å²) in [6.45, 7) is 1.87. The number of ether oxygens (including phenoxy) is 1. The van der Waals surface area contributed by atoms with Crippen LogP contribution in [0.2, 0.25) is 0 Å². The van der Waals surface area contributed by atoms with Crippen molar-refractivity contribution in [3.63, 3.8) is 0 Å². The molecule has 0 saturated carbocycles. The molecule has 0 unspecified atom stereocenters. The van der Waals surface area contributed by atoms with E-state index in [1.54, 1.807) is 12.4 Å². The minimum absolute atomic E-state index is 0.310. The van der Waals surface area contributed by atoms with Crippen LogP contribution in [-0.4, -0.2) is 15.1 Å². The van der Waals surface area contributed by atoms with Gasteiger partial charge in [-0.1, -0.05) is 23.4 Å². The number of benzene rings is 1. The molecule has 0 aliphatic carbocycles. The van der Waals surface area contributed by atoms with E-state index in [2.05, 4.69) is 15.1 Å². The van der Waals surface area contributed by atoms with E-state index in [9.17, 15) is 0 Å². The van der Waals surface area contributed by atoms with Crippen molar-refractivity contribution in [3.8, 4) is 17.1 Å². The summed E-state index contributed by atoms with van der Waals surface area (Å²) in [5, 5.41) is 3.94. The molecule has 2 heterocycles. The van der Waals surface area contributed by atoms with Crippen LogP contribution >= 0.6 is 0 Å². The smallest absolute Gasteiger partial charge is 0.267 e. The van der Waals surface area contributed by atoms with Gasteiger partial charge in [0.05, 0.1) is 0 Å². The fourth-order valence-electron chi connectivity index (χ4n) is 1.77. The van der Waals surface area contributed by atoms with E-state index in [1.165, 1.54) is 0 Å². The second kappa shape index (κ2) is 5.52. The Morgan fingerprint density at radius 1 is 1.10 bits per heavy atom. The van der Waals surface area contributed by atoms with Gasteiger partial charge in [0.25, 0.3) is 5.89 Å². The van der Waals surface area contributed by atoms with Crippen LogP contribution in [0.1, 0.15) is 18.9 Å². The van der Waals surface area contributed by atoms with Crippen molar-refractivity contribution in [1.29, 1.82) is 0 Å². The first-order chi connectivity index (χ1) is 9.83. The van der Waals surface area contributed by atoms with Gasteiger partial charge in [-0.25, -0.2) is 0 Å². The monoisotopic (exact) mass is 267 g/mol. The van der Waals surface area contributed by atoms with Gasteiger partial charge in [-0.05, 0) is 31.2 Å². The van der Waals surface area contributed by atoms with Crippen molar-refractivity contribution < 1.29 is 9.26 Å². The molecule has 0 N–H and O–H groups in total. The second-order valence-corrected chi connectivity index (χ2v) is 4.27. The van der Waals surface area contributed by atoms with Crippen LogP contribution in [0.3, 0.4) is 0 Å². The lowest BCUT2D eigenvalue weighted by Crippen LogP contribution is -2.03. The lowest BCUT2D eigenvalue weighted by Gasteiger charge is -2.09. The van der Waals surface area contributed by atoms with Crippen LogP contribution in [0.25, 0.3) is 11.4 Å². The van der Waals surface area contributed by atoms with Crippen molar-refractivity contribution in [2.24, 2.45) is 0 Å². The van der Waals surface area contributed by atoms with Crippen LogP contribution in [0, 0.1) is 0 Å². The van der Waals surface area contributed by atoms with Crippen LogP contribution in [-0.2, 0) is 0 Å². The van der Waals surface area contributed by atoms with Gasteiger partial charge in [0, 0.05) is 18.0 Å². The van der Waals surface area contributed by atoms with Crippen molar-refractivity contribution in [2.45, 2.75) is 13.0 Å². The number of rotatable bonds is 4. The standard InChI is InChI=1S/C15H13N3O2/c1-11(19-13-7-3-2-4-8-13)15-17-14(18-20-15)12-6-5-9-16-10-12/h2-11H,1H3/t11-/m0/s1. The first-order valence-electron chi connectivity index (χ1n) is 6.28. The molecule has 20 heavy (non-hydrogen) atoms. The summed E-state index contributed by atoms with van der Waals surface area (Å²) in [6, 6.07) is 13.2. The number of hydrogen-bond acceptors (Lipinski definition) is 5. The van der Waals surface area contributed by atoms with Gasteiger partial charge in [0.2, 0.25) is 5.82 Å². The largest absolute Gasteiger partial charge is 0.481 e. The first-order valence-corrected chi connectivity index (χ1v) is 6.28. The Morgan fingerprint density at radius 3 is 2.70 bits per heavy atom. The zero-order valence-electron chi connectivity index (χ0n) is 10.9. The molecule has 0 saturated heterocycles. The molecule has 0 fully saturated rings. The third-order valence-corrected chi connectivity index (χ3v) is 2.77. The molecule has 1 aromatic carbocycles. The van der Waals surface area contributed by atoms with Gasteiger partial charge in [-0.2, -0.15) is 4.98 Å². The third-order valence-electron chi connectivity index (χ3n) is 2.77. The van der Waals surface area contributed by atoms with Crippen LogP contribution in [0.5, 0.6) is 5.75 Å². The molecule has 0 spiro atoms. The Balaban J connectivity index is 1.77. The zero-order chi connectivity index (χ0) is 13.8. The Bertz CT molecular complexity index is 668. The molecule has 2 aromatic heterocycles. The van der Waals surface area contributed by atoms with E-state index in [-0.39, 0.29) is 6.10 Å². The van der Waals surface area contributed by atoms with Gasteiger partial charge in [0.15, 0.2) is 6.10 Å². The Hall–Kier alpha value is -2.69. The maximum Gasteiger partial charge on any atom is 0.267 e. The summed E-state index contributed by atoms with van der Waals surface area (Å²) >= 11 is 0. The van der Waals surface area contributed by atoms with Gasteiger partial charge in [-0.15, -0.1) is 0 Å². The molecule has 3 rings (SSSR count). The summed E-state index contributed by atoms with van der Waals surface area (Å²) in [7, 11) is 0. The van der Waals surface area contributed by atoms with Crippen molar-refractivity contribution in [2.75, 3.05) is 0 Å². The van der Waals surface area contributed by atoms with E-state index in [1.807, 2.05) is 49.4 Å². The first kappa shape index (κ1) is 12.3. The molecule has 0 radical (unpaired) electrons. The highest BCUT2D eigenvalue weighted by Gasteiger charge is 2.16. The van der Waals surface area contributed by atoms with E-state index in [0.29, 0.717) is 11.7 Å².